The van der Waals surface area contributed by atoms with Crippen LogP contribution in [-0.4, -0.2) is 34.1 Å². The third-order valence-electron chi connectivity index (χ3n) is 6.87. The molecule has 7 nitrogen and oxygen atoms in total. The van der Waals surface area contributed by atoms with E-state index < -0.39 is 22.0 Å². The monoisotopic (exact) mass is 534 g/mol. The van der Waals surface area contributed by atoms with Crippen LogP contribution in [0.15, 0.2) is 77.7 Å². The van der Waals surface area contributed by atoms with Gasteiger partial charge in [-0.3, -0.25) is 9.10 Å². The van der Waals surface area contributed by atoms with Gasteiger partial charge in [-0.15, -0.1) is 0 Å². The van der Waals surface area contributed by atoms with E-state index in [0.717, 1.165) is 18.2 Å². The average molecular weight is 535 g/mol. The second-order valence-corrected chi connectivity index (χ2v) is 11.3. The zero-order chi connectivity index (χ0) is 25.7. The Balaban J connectivity index is 1.35. The van der Waals surface area contributed by atoms with Crippen molar-refractivity contribution in [3.8, 4) is 11.5 Å². The molecular weight excluding hydrogens is 512 g/mol. The van der Waals surface area contributed by atoms with Crippen LogP contribution in [0.2, 0.25) is 5.02 Å². The molecule has 2 aliphatic rings. The number of nitrogens with zero attached hydrogens (tertiary/aromatic N) is 1. The van der Waals surface area contributed by atoms with E-state index in [1.54, 1.807) is 24.3 Å². The predicted molar refractivity (Wildman–Crippen MR) is 143 cm³/mol. The van der Waals surface area contributed by atoms with E-state index >= 15 is 0 Å². The van der Waals surface area contributed by atoms with Crippen molar-refractivity contribution in [2.24, 2.45) is 0 Å². The normalized spacial score (nSPS) is 16.3. The Morgan fingerprint density at radius 1 is 1.03 bits per heavy atom. The SMILES string of the molecule is COc1ccc(S(=O)(=O)N2CC(C(=O)Nc3ccc4c5c(cccc35)CC4)Oc3ccc(Cl)cc32)cc1. The molecule has 0 saturated carbocycles. The van der Waals surface area contributed by atoms with Crippen LogP contribution < -0.4 is 19.1 Å². The van der Waals surface area contributed by atoms with Crippen molar-refractivity contribution in [1.82, 2.24) is 0 Å². The van der Waals surface area contributed by atoms with Gasteiger partial charge in [0.1, 0.15) is 11.5 Å². The molecule has 0 spiro atoms. The standard InChI is InChI=1S/C28H23ClN2O5S/c1-35-20-9-11-21(12-10-20)37(33,34)31-16-26(36-25-14-8-19(29)15-24(25)31)28(32)30-23-13-7-18-6-5-17-3-2-4-22(23)27(17)18/h2-4,7-15,26H,5-6,16H2,1H3,(H,30,32). The highest BCUT2D eigenvalue weighted by molar-refractivity contribution is 7.92. The van der Waals surface area contributed by atoms with Gasteiger partial charge in [-0.05, 0) is 77.9 Å². The maximum absolute atomic E-state index is 13.7. The molecule has 4 aromatic carbocycles. The lowest BCUT2D eigenvalue weighted by Crippen LogP contribution is -2.48. The molecule has 1 N–H and O–H groups in total. The van der Waals surface area contributed by atoms with Gasteiger partial charge >= 0.3 is 0 Å². The molecule has 9 heteroatoms. The van der Waals surface area contributed by atoms with Crippen molar-refractivity contribution >= 4 is 49.7 Å². The summed E-state index contributed by atoms with van der Waals surface area (Å²) < 4.78 is 39.7. The summed E-state index contributed by atoms with van der Waals surface area (Å²) >= 11 is 6.20. The van der Waals surface area contributed by atoms with Crippen LogP contribution in [0, 0.1) is 0 Å². The second-order valence-electron chi connectivity index (χ2n) is 9.03. The van der Waals surface area contributed by atoms with Gasteiger partial charge in [0.05, 0.1) is 24.2 Å². The predicted octanol–water partition coefficient (Wildman–Crippen LogP) is 5.20. The fourth-order valence-corrected chi connectivity index (χ4v) is 6.67. The average Bonchev–Trinajstić information content (AvgIpc) is 3.34. The largest absolute Gasteiger partial charge is 0.497 e. The first-order valence-corrected chi connectivity index (χ1v) is 13.6. The van der Waals surface area contributed by atoms with Crippen molar-refractivity contribution in [1.29, 1.82) is 0 Å². The number of carbonyl (C=O) groups is 1. The van der Waals surface area contributed by atoms with E-state index in [1.165, 1.54) is 46.1 Å². The van der Waals surface area contributed by atoms with E-state index in [9.17, 15) is 13.2 Å². The van der Waals surface area contributed by atoms with Crippen LogP contribution in [0.5, 0.6) is 11.5 Å². The number of amides is 1. The number of hydrogen-bond acceptors (Lipinski definition) is 5. The molecule has 1 aliphatic carbocycles. The molecule has 0 aromatic heterocycles. The van der Waals surface area contributed by atoms with E-state index in [4.69, 9.17) is 21.1 Å². The quantitative estimate of drug-likeness (QED) is 0.380. The van der Waals surface area contributed by atoms with Gasteiger partial charge in [-0.25, -0.2) is 8.42 Å². The lowest BCUT2D eigenvalue weighted by molar-refractivity contribution is -0.122. The molecule has 0 bridgehead atoms. The number of nitrogens with one attached hydrogen (secondary N) is 1. The zero-order valence-corrected chi connectivity index (χ0v) is 21.5. The summed E-state index contributed by atoms with van der Waals surface area (Å²) in [4.78, 5) is 13.5. The first-order valence-electron chi connectivity index (χ1n) is 11.8. The summed E-state index contributed by atoms with van der Waals surface area (Å²) in [6.45, 7) is -0.213. The smallest absolute Gasteiger partial charge is 0.267 e. The first-order chi connectivity index (χ1) is 17.8. The Bertz CT molecular complexity index is 1640. The molecule has 0 radical (unpaired) electrons. The molecule has 1 unspecified atom stereocenters. The van der Waals surface area contributed by atoms with Gasteiger partial charge in [0.2, 0.25) is 0 Å². The second kappa shape index (κ2) is 8.97. The topological polar surface area (TPSA) is 84.9 Å². The van der Waals surface area contributed by atoms with Crippen LogP contribution in [0.4, 0.5) is 11.4 Å². The van der Waals surface area contributed by atoms with E-state index in [0.29, 0.717) is 16.5 Å². The Morgan fingerprint density at radius 3 is 2.54 bits per heavy atom. The number of sulfonamides is 1. The van der Waals surface area contributed by atoms with Gasteiger partial charge < -0.3 is 14.8 Å². The van der Waals surface area contributed by atoms with Gasteiger partial charge in [-0.1, -0.05) is 35.9 Å². The third-order valence-corrected chi connectivity index (χ3v) is 8.89. The maximum atomic E-state index is 13.7. The molecule has 188 valence electrons. The maximum Gasteiger partial charge on any atom is 0.267 e. The number of anilines is 2. The molecule has 1 amide bonds. The number of fused-ring (bicyclic) bond motifs is 1. The molecule has 1 aliphatic heterocycles. The highest BCUT2D eigenvalue weighted by Crippen LogP contribution is 2.40. The van der Waals surface area contributed by atoms with Crippen molar-refractivity contribution in [2.75, 3.05) is 23.3 Å². The number of halogens is 1. The zero-order valence-electron chi connectivity index (χ0n) is 19.9. The van der Waals surface area contributed by atoms with E-state index in [2.05, 4.69) is 11.4 Å². The Labute approximate surface area is 219 Å². The number of aryl methyl sites for hydroxylation is 2. The van der Waals surface area contributed by atoms with Crippen molar-refractivity contribution < 1.29 is 22.7 Å². The Hall–Kier alpha value is -3.75. The fraction of sp³-hybridized carbons (Fsp3) is 0.179. The van der Waals surface area contributed by atoms with E-state index in [1.807, 2.05) is 24.3 Å². The van der Waals surface area contributed by atoms with Crippen LogP contribution in [0.25, 0.3) is 10.8 Å². The minimum absolute atomic E-state index is 0.0628. The number of ether oxygens (including phenoxy) is 2. The fourth-order valence-electron chi connectivity index (χ4n) is 5.03. The number of carbonyl (C=O) groups excluding carboxylic acids is 1. The molecular formula is C28H23ClN2O5S. The molecule has 1 heterocycles. The van der Waals surface area contributed by atoms with Crippen molar-refractivity contribution in [3.05, 3.63) is 88.9 Å². The summed E-state index contributed by atoms with van der Waals surface area (Å²) in [6, 6.07) is 20.8. The lowest BCUT2D eigenvalue weighted by Gasteiger charge is -2.35. The number of rotatable bonds is 5. The lowest BCUT2D eigenvalue weighted by atomic mass is 10.0. The molecule has 37 heavy (non-hydrogen) atoms. The van der Waals surface area contributed by atoms with Crippen LogP contribution in [-0.2, 0) is 27.7 Å². The third kappa shape index (κ3) is 4.06. The first kappa shape index (κ1) is 23.6. The van der Waals surface area contributed by atoms with Gasteiger partial charge in [0.15, 0.2) is 6.10 Å². The van der Waals surface area contributed by atoms with Gasteiger partial charge in [0.25, 0.3) is 15.9 Å². The molecule has 0 saturated heterocycles. The Morgan fingerprint density at radius 2 is 1.78 bits per heavy atom. The molecule has 1 atom stereocenters. The van der Waals surface area contributed by atoms with Crippen LogP contribution in [0.3, 0.4) is 0 Å². The van der Waals surface area contributed by atoms with Gasteiger partial charge in [-0.2, -0.15) is 0 Å². The number of benzene rings is 4. The molecule has 0 fully saturated rings. The molecule has 6 rings (SSSR count). The van der Waals surface area contributed by atoms with Crippen molar-refractivity contribution in [3.63, 3.8) is 0 Å². The molecule has 4 aromatic rings. The summed E-state index contributed by atoms with van der Waals surface area (Å²) in [6.07, 6.45) is 0.880. The minimum Gasteiger partial charge on any atom is -0.497 e. The highest BCUT2D eigenvalue weighted by Gasteiger charge is 2.38. The number of hydrogen-bond donors (Lipinski definition) is 1. The summed E-state index contributed by atoms with van der Waals surface area (Å²) in [5.74, 6) is 0.356. The number of methoxy groups -OCH3 is 1. The van der Waals surface area contributed by atoms with Crippen LogP contribution >= 0.6 is 11.6 Å². The van der Waals surface area contributed by atoms with Crippen LogP contribution in [0.1, 0.15) is 11.1 Å². The highest BCUT2D eigenvalue weighted by atomic mass is 35.5. The summed E-state index contributed by atoms with van der Waals surface area (Å²) in [5, 5.41) is 5.47. The summed E-state index contributed by atoms with van der Waals surface area (Å²) in [5.41, 5.74) is 3.47. The Kier molecular flexibility index (Phi) is 5.73. The van der Waals surface area contributed by atoms with Crippen molar-refractivity contribution in [2.45, 2.75) is 23.8 Å². The van der Waals surface area contributed by atoms with E-state index in [-0.39, 0.29) is 22.9 Å². The van der Waals surface area contributed by atoms with Gasteiger partial charge in [0, 0.05) is 16.1 Å². The summed E-state index contributed by atoms with van der Waals surface area (Å²) in [7, 11) is -2.53. The minimum atomic E-state index is -4.03.